The summed E-state index contributed by atoms with van der Waals surface area (Å²) in [6, 6.07) is 0.759. The van der Waals surface area contributed by atoms with E-state index < -0.39 is 0 Å². The van der Waals surface area contributed by atoms with E-state index in [9.17, 15) is 0 Å². The van der Waals surface area contributed by atoms with Crippen molar-refractivity contribution < 1.29 is 4.52 Å². The maximum atomic E-state index is 5.46. The van der Waals surface area contributed by atoms with Gasteiger partial charge in [-0.25, -0.2) is 0 Å². The lowest BCUT2D eigenvalue weighted by Gasteiger charge is -2.46. The summed E-state index contributed by atoms with van der Waals surface area (Å²) in [5.41, 5.74) is 0. The number of hydrogen-bond acceptors (Lipinski definition) is 6. The van der Waals surface area contributed by atoms with Crippen LogP contribution in [0, 0.1) is 0 Å². The van der Waals surface area contributed by atoms with E-state index >= 15 is 0 Å². The van der Waals surface area contributed by atoms with Gasteiger partial charge in [0.05, 0.1) is 6.04 Å². The molecule has 1 aromatic rings. The van der Waals surface area contributed by atoms with Crippen LogP contribution in [0.15, 0.2) is 4.52 Å². The summed E-state index contributed by atoms with van der Waals surface area (Å²) in [6.07, 6.45) is 3.13. The second-order valence-corrected chi connectivity index (χ2v) is 5.88. The molecule has 0 amide bonds. The Hall–Kier alpha value is -0.980. The minimum absolute atomic E-state index is 0.328. The number of piperazine rings is 3. The molecule has 1 aromatic heterocycles. The fourth-order valence-corrected chi connectivity index (χ4v) is 3.26. The maximum absolute atomic E-state index is 5.46. The topological polar surface area (TPSA) is 57.4 Å². The van der Waals surface area contributed by atoms with E-state index in [1.54, 1.807) is 0 Å². The van der Waals surface area contributed by atoms with Crippen molar-refractivity contribution >= 4 is 0 Å². The molecule has 4 rings (SSSR count). The first-order valence-corrected chi connectivity index (χ1v) is 7.76. The van der Waals surface area contributed by atoms with Crippen LogP contribution in [0.3, 0.4) is 0 Å². The Balaban J connectivity index is 1.64. The number of hydrogen-bond donors (Lipinski definition) is 1. The molecule has 2 atom stereocenters. The van der Waals surface area contributed by atoms with Gasteiger partial charge in [0.15, 0.2) is 5.82 Å². The van der Waals surface area contributed by atoms with Gasteiger partial charge in [-0.3, -0.25) is 9.80 Å². The van der Waals surface area contributed by atoms with Crippen LogP contribution in [-0.4, -0.2) is 65.8 Å². The Labute approximate surface area is 120 Å². The zero-order valence-corrected chi connectivity index (χ0v) is 12.5. The molecule has 0 spiro atoms. The smallest absolute Gasteiger partial charge is 0.228 e. The van der Waals surface area contributed by atoms with Crippen molar-refractivity contribution in [1.29, 1.82) is 0 Å². The van der Waals surface area contributed by atoms with Gasteiger partial charge in [-0.1, -0.05) is 18.5 Å². The van der Waals surface area contributed by atoms with Crippen molar-refractivity contribution in [3.63, 3.8) is 0 Å². The molecule has 3 saturated heterocycles. The van der Waals surface area contributed by atoms with E-state index in [4.69, 9.17) is 4.52 Å². The van der Waals surface area contributed by atoms with Gasteiger partial charge in [-0.2, -0.15) is 4.98 Å². The van der Waals surface area contributed by atoms with E-state index in [0.717, 1.165) is 50.6 Å². The summed E-state index contributed by atoms with van der Waals surface area (Å²) < 4.78 is 5.46. The van der Waals surface area contributed by atoms with Crippen LogP contribution in [0.2, 0.25) is 0 Å². The van der Waals surface area contributed by atoms with Crippen LogP contribution < -0.4 is 5.32 Å². The summed E-state index contributed by atoms with van der Waals surface area (Å²) in [5, 5.41) is 7.54. The summed E-state index contributed by atoms with van der Waals surface area (Å²) in [7, 11) is 2.00. The van der Waals surface area contributed by atoms with Gasteiger partial charge in [-0.15, -0.1) is 0 Å². The molecular formula is C14H25N5O. The molecule has 1 N–H and O–H groups in total. The Morgan fingerprint density at radius 1 is 1.35 bits per heavy atom. The van der Waals surface area contributed by atoms with Gasteiger partial charge >= 0.3 is 0 Å². The second-order valence-electron chi connectivity index (χ2n) is 5.88. The van der Waals surface area contributed by atoms with E-state index in [1.807, 2.05) is 7.05 Å². The Kier molecular flexibility index (Phi) is 4.33. The lowest BCUT2D eigenvalue weighted by Crippen LogP contribution is -2.57. The lowest BCUT2D eigenvalue weighted by molar-refractivity contribution is 0.00781. The van der Waals surface area contributed by atoms with E-state index in [1.165, 1.54) is 13.1 Å². The molecule has 2 bridgehead atoms. The predicted octanol–water partition coefficient (Wildman–Crippen LogP) is 0.673. The Morgan fingerprint density at radius 2 is 2.15 bits per heavy atom. The van der Waals surface area contributed by atoms with Gasteiger partial charge in [0.1, 0.15) is 0 Å². The zero-order valence-electron chi connectivity index (χ0n) is 12.5. The number of aromatic nitrogens is 2. The minimum atomic E-state index is 0.328. The summed E-state index contributed by atoms with van der Waals surface area (Å²) in [6.45, 7) is 7.86. The highest BCUT2D eigenvalue weighted by molar-refractivity contribution is 5.02. The molecule has 20 heavy (non-hydrogen) atoms. The summed E-state index contributed by atoms with van der Waals surface area (Å²) in [5.74, 6) is 1.64. The standard InChI is InChI=1S/C14H25N5O/c1-3-4-11(15-2)9-13-16-14(17-20-13)12-10-18-5-7-19(12)8-6-18/h11-12,15H,3-10H2,1-2H3. The van der Waals surface area contributed by atoms with E-state index in [0.29, 0.717) is 12.1 Å². The molecule has 112 valence electrons. The number of rotatable bonds is 6. The van der Waals surface area contributed by atoms with Gasteiger partial charge in [-0.05, 0) is 13.5 Å². The third-order valence-electron chi connectivity index (χ3n) is 4.53. The molecule has 0 aliphatic carbocycles. The van der Waals surface area contributed by atoms with Gasteiger partial charge in [0.25, 0.3) is 0 Å². The fourth-order valence-electron chi connectivity index (χ4n) is 3.26. The number of fused-ring (bicyclic) bond motifs is 3. The lowest BCUT2D eigenvalue weighted by atomic mass is 10.1. The third kappa shape index (κ3) is 2.87. The van der Waals surface area contributed by atoms with Crippen LogP contribution in [0.1, 0.15) is 37.5 Å². The zero-order chi connectivity index (χ0) is 13.9. The largest absolute Gasteiger partial charge is 0.339 e. The van der Waals surface area contributed by atoms with Crippen molar-refractivity contribution in [1.82, 2.24) is 25.3 Å². The van der Waals surface area contributed by atoms with Crippen molar-refractivity contribution in [3.05, 3.63) is 11.7 Å². The van der Waals surface area contributed by atoms with Crippen molar-refractivity contribution in [2.75, 3.05) is 39.8 Å². The van der Waals surface area contributed by atoms with Gasteiger partial charge in [0.2, 0.25) is 5.89 Å². The number of nitrogens with zero attached hydrogens (tertiary/aromatic N) is 4. The highest BCUT2D eigenvalue weighted by atomic mass is 16.5. The van der Waals surface area contributed by atoms with E-state index in [-0.39, 0.29) is 0 Å². The molecule has 6 nitrogen and oxygen atoms in total. The molecule has 3 aliphatic rings. The fraction of sp³-hybridized carbons (Fsp3) is 0.857. The monoisotopic (exact) mass is 279 g/mol. The molecule has 0 aromatic carbocycles. The number of nitrogens with one attached hydrogen (secondary N) is 1. The summed E-state index contributed by atoms with van der Waals surface area (Å²) in [4.78, 5) is 9.61. The van der Waals surface area contributed by atoms with Crippen LogP contribution >= 0.6 is 0 Å². The molecule has 0 saturated carbocycles. The average molecular weight is 279 g/mol. The van der Waals surface area contributed by atoms with Crippen molar-refractivity contribution in [2.24, 2.45) is 0 Å². The molecule has 2 unspecified atom stereocenters. The van der Waals surface area contributed by atoms with Crippen molar-refractivity contribution in [2.45, 2.75) is 38.3 Å². The average Bonchev–Trinajstić information content (AvgIpc) is 2.96. The first kappa shape index (κ1) is 14.0. The molecule has 0 radical (unpaired) electrons. The summed E-state index contributed by atoms with van der Waals surface area (Å²) >= 11 is 0. The molecule has 4 heterocycles. The van der Waals surface area contributed by atoms with Crippen LogP contribution in [0.25, 0.3) is 0 Å². The predicted molar refractivity (Wildman–Crippen MR) is 76.5 cm³/mol. The van der Waals surface area contributed by atoms with Gasteiger partial charge < -0.3 is 9.84 Å². The Bertz CT molecular complexity index is 427. The normalized spacial score (nSPS) is 30.6. The molecular weight excluding hydrogens is 254 g/mol. The van der Waals surface area contributed by atoms with Crippen LogP contribution in [0.4, 0.5) is 0 Å². The van der Waals surface area contributed by atoms with Crippen LogP contribution in [0.5, 0.6) is 0 Å². The molecule has 6 heteroatoms. The number of likely N-dealkylation sites (N-methyl/N-ethyl adjacent to an activating group) is 1. The first-order valence-electron chi connectivity index (χ1n) is 7.76. The Morgan fingerprint density at radius 3 is 2.75 bits per heavy atom. The van der Waals surface area contributed by atoms with Gasteiger partial charge in [0, 0.05) is 45.2 Å². The first-order chi connectivity index (χ1) is 9.80. The van der Waals surface area contributed by atoms with E-state index in [2.05, 4.69) is 32.2 Å². The SMILES string of the molecule is CCCC(Cc1nc(C2CN3CCN2CC3)no1)NC. The minimum Gasteiger partial charge on any atom is -0.339 e. The maximum Gasteiger partial charge on any atom is 0.228 e. The highest BCUT2D eigenvalue weighted by Gasteiger charge is 2.35. The van der Waals surface area contributed by atoms with Crippen molar-refractivity contribution in [3.8, 4) is 0 Å². The molecule has 3 fully saturated rings. The second kappa shape index (κ2) is 6.20. The third-order valence-corrected chi connectivity index (χ3v) is 4.53. The van der Waals surface area contributed by atoms with Crippen LogP contribution in [-0.2, 0) is 6.42 Å². The quantitative estimate of drug-likeness (QED) is 0.826. The highest BCUT2D eigenvalue weighted by Crippen LogP contribution is 2.26. The molecule has 3 aliphatic heterocycles.